The standard InChI is InChI=1S/C21H28N2O2/c24-20(15-18-7-3-1-4-8-18)16-22-11-13-23(14-12-22)17-21(25)19-9-5-2-6-10-19/h1-10,20-21,24-25H,11-17H2/t20-,21+/m1/s1. The molecule has 1 aliphatic rings. The number of hydrogen-bond donors (Lipinski definition) is 2. The predicted octanol–water partition coefficient (Wildman–Crippen LogP) is 1.94. The fraction of sp³-hybridized carbons (Fsp3) is 0.429. The van der Waals surface area contributed by atoms with Gasteiger partial charge in [0.05, 0.1) is 12.2 Å². The van der Waals surface area contributed by atoms with Crippen LogP contribution in [0.4, 0.5) is 0 Å². The van der Waals surface area contributed by atoms with Crippen LogP contribution < -0.4 is 0 Å². The molecule has 1 saturated heterocycles. The van der Waals surface area contributed by atoms with E-state index in [0.29, 0.717) is 19.5 Å². The van der Waals surface area contributed by atoms with Crippen molar-refractivity contribution in [2.45, 2.75) is 18.6 Å². The highest BCUT2D eigenvalue weighted by molar-refractivity contribution is 5.17. The predicted molar refractivity (Wildman–Crippen MR) is 100 cm³/mol. The van der Waals surface area contributed by atoms with Gasteiger partial charge in [0, 0.05) is 39.3 Å². The fourth-order valence-electron chi connectivity index (χ4n) is 3.43. The van der Waals surface area contributed by atoms with Crippen LogP contribution in [0.2, 0.25) is 0 Å². The summed E-state index contributed by atoms with van der Waals surface area (Å²) in [5.41, 5.74) is 2.16. The molecule has 1 heterocycles. The first-order valence-electron chi connectivity index (χ1n) is 9.10. The SMILES string of the molecule is O[C@H](Cc1ccccc1)CN1CCN(C[C@H](O)c2ccccc2)CC1. The minimum atomic E-state index is -0.434. The highest BCUT2D eigenvalue weighted by atomic mass is 16.3. The number of aliphatic hydroxyl groups is 2. The molecule has 0 saturated carbocycles. The van der Waals surface area contributed by atoms with E-state index in [1.54, 1.807) is 0 Å². The number of aliphatic hydroxyl groups excluding tert-OH is 2. The van der Waals surface area contributed by atoms with E-state index in [4.69, 9.17) is 0 Å². The Morgan fingerprint density at radius 1 is 0.720 bits per heavy atom. The van der Waals surface area contributed by atoms with Crippen molar-refractivity contribution >= 4 is 0 Å². The zero-order valence-corrected chi connectivity index (χ0v) is 14.7. The lowest BCUT2D eigenvalue weighted by Crippen LogP contribution is -2.49. The van der Waals surface area contributed by atoms with E-state index in [2.05, 4.69) is 21.9 Å². The third-order valence-corrected chi connectivity index (χ3v) is 4.86. The second-order valence-electron chi connectivity index (χ2n) is 6.87. The maximum Gasteiger partial charge on any atom is 0.0916 e. The third-order valence-electron chi connectivity index (χ3n) is 4.86. The smallest absolute Gasteiger partial charge is 0.0916 e. The van der Waals surface area contributed by atoms with E-state index in [1.165, 1.54) is 5.56 Å². The number of piperazine rings is 1. The van der Waals surface area contributed by atoms with E-state index in [1.807, 2.05) is 48.5 Å². The normalized spacial score (nSPS) is 18.8. The fourth-order valence-corrected chi connectivity index (χ4v) is 3.43. The number of rotatable bonds is 7. The van der Waals surface area contributed by atoms with Crippen molar-refractivity contribution in [1.82, 2.24) is 9.80 Å². The Balaban J connectivity index is 1.40. The lowest BCUT2D eigenvalue weighted by molar-refractivity contribution is 0.0486. The summed E-state index contributed by atoms with van der Waals surface area (Å²) in [6.07, 6.45) is -0.0615. The minimum absolute atomic E-state index is 0.330. The molecule has 0 bridgehead atoms. The molecule has 3 rings (SSSR count). The van der Waals surface area contributed by atoms with Gasteiger partial charge in [0.2, 0.25) is 0 Å². The summed E-state index contributed by atoms with van der Waals surface area (Å²) >= 11 is 0. The summed E-state index contributed by atoms with van der Waals surface area (Å²) in [6.45, 7) is 5.12. The van der Waals surface area contributed by atoms with E-state index in [-0.39, 0.29) is 6.10 Å². The van der Waals surface area contributed by atoms with Gasteiger partial charge in [-0.3, -0.25) is 9.80 Å². The Bertz CT molecular complexity index is 612. The number of nitrogens with zero attached hydrogens (tertiary/aromatic N) is 2. The monoisotopic (exact) mass is 340 g/mol. The first-order valence-corrected chi connectivity index (χ1v) is 9.10. The zero-order valence-electron chi connectivity index (χ0n) is 14.7. The molecule has 2 atom stereocenters. The van der Waals surface area contributed by atoms with Gasteiger partial charge in [-0.25, -0.2) is 0 Å². The molecular weight excluding hydrogens is 312 g/mol. The van der Waals surface area contributed by atoms with E-state index in [9.17, 15) is 10.2 Å². The molecule has 0 aromatic heterocycles. The highest BCUT2D eigenvalue weighted by Crippen LogP contribution is 2.15. The Morgan fingerprint density at radius 2 is 1.24 bits per heavy atom. The van der Waals surface area contributed by atoms with Gasteiger partial charge in [-0.2, -0.15) is 0 Å². The molecule has 4 heteroatoms. The molecule has 1 aliphatic heterocycles. The van der Waals surface area contributed by atoms with Crippen LogP contribution in [0.5, 0.6) is 0 Å². The van der Waals surface area contributed by atoms with Crippen LogP contribution in [0.1, 0.15) is 17.2 Å². The molecule has 25 heavy (non-hydrogen) atoms. The molecule has 0 aliphatic carbocycles. The van der Waals surface area contributed by atoms with Crippen molar-refractivity contribution in [1.29, 1.82) is 0 Å². The summed E-state index contributed by atoms with van der Waals surface area (Å²) in [5.74, 6) is 0. The number of hydrogen-bond acceptors (Lipinski definition) is 4. The lowest BCUT2D eigenvalue weighted by Gasteiger charge is -2.36. The van der Waals surface area contributed by atoms with Gasteiger partial charge in [-0.05, 0) is 17.5 Å². The van der Waals surface area contributed by atoms with Crippen LogP contribution in [0, 0.1) is 0 Å². The molecule has 134 valence electrons. The zero-order chi connectivity index (χ0) is 17.5. The number of benzene rings is 2. The lowest BCUT2D eigenvalue weighted by atomic mass is 10.1. The number of β-amino-alcohol motifs (C(OH)–C–C–N with tert-alkyl or cyclic N) is 2. The van der Waals surface area contributed by atoms with Crippen molar-refractivity contribution in [2.24, 2.45) is 0 Å². The highest BCUT2D eigenvalue weighted by Gasteiger charge is 2.21. The van der Waals surface area contributed by atoms with Gasteiger partial charge in [-0.15, -0.1) is 0 Å². The van der Waals surface area contributed by atoms with Crippen molar-refractivity contribution in [3.8, 4) is 0 Å². The van der Waals surface area contributed by atoms with Crippen LogP contribution in [0.3, 0.4) is 0 Å². The van der Waals surface area contributed by atoms with Gasteiger partial charge in [0.15, 0.2) is 0 Å². The second-order valence-corrected chi connectivity index (χ2v) is 6.87. The Labute approximate surface area is 150 Å². The van der Waals surface area contributed by atoms with Crippen LogP contribution in [-0.2, 0) is 6.42 Å². The second kappa shape index (κ2) is 9.11. The van der Waals surface area contributed by atoms with Crippen molar-refractivity contribution in [3.05, 3.63) is 71.8 Å². The van der Waals surface area contributed by atoms with Crippen LogP contribution in [0.25, 0.3) is 0 Å². The van der Waals surface area contributed by atoms with Crippen molar-refractivity contribution in [2.75, 3.05) is 39.3 Å². The van der Waals surface area contributed by atoms with E-state index < -0.39 is 6.10 Å². The molecule has 4 nitrogen and oxygen atoms in total. The maximum atomic E-state index is 10.4. The van der Waals surface area contributed by atoms with E-state index in [0.717, 1.165) is 31.7 Å². The molecule has 2 aromatic rings. The topological polar surface area (TPSA) is 46.9 Å². The van der Waals surface area contributed by atoms with Crippen LogP contribution in [0.15, 0.2) is 60.7 Å². The average Bonchev–Trinajstić information content (AvgIpc) is 2.65. The summed E-state index contributed by atoms with van der Waals surface area (Å²) in [5, 5.41) is 20.7. The quantitative estimate of drug-likeness (QED) is 0.809. The molecule has 0 amide bonds. The largest absolute Gasteiger partial charge is 0.391 e. The Kier molecular flexibility index (Phi) is 6.59. The van der Waals surface area contributed by atoms with Gasteiger partial charge < -0.3 is 10.2 Å². The summed E-state index contributed by atoms with van der Waals surface area (Å²) in [4.78, 5) is 4.62. The first kappa shape index (κ1) is 18.1. The molecule has 0 spiro atoms. The average molecular weight is 340 g/mol. The summed E-state index contributed by atoms with van der Waals surface area (Å²) in [6, 6.07) is 20.0. The van der Waals surface area contributed by atoms with Crippen molar-refractivity contribution < 1.29 is 10.2 Å². The van der Waals surface area contributed by atoms with Crippen LogP contribution >= 0.6 is 0 Å². The maximum absolute atomic E-state index is 10.4. The van der Waals surface area contributed by atoms with Crippen LogP contribution in [-0.4, -0.2) is 65.4 Å². The molecule has 0 unspecified atom stereocenters. The van der Waals surface area contributed by atoms with Gasteiger partial charge in [0.25, 0.3) is 0 Å². The van der Waals surface area contributed by atoms with Gasteiger partial charge in [-0.1, -0.05) is 60.7 Å². The Hall–Kier alpha value is -1.72. The van der Waals surface area contributed by atoms with E-state index >= 15 is 0 Å². The van der Waals surface area contributed by atoms with Gasteiger partial charge in [0.1, 0.15) is 0 Å². The summed E-state index contributed by atoms with van der Waals surface area (Å²) in [7, 11) is 0. The van der Waals surface area contributed by atoms with Gasteiger partial charge >= 0.3 is 0 Å². The third kappa shape index (κ3) is 5.65. The Morgan fingerprint density at radius 3 is 1.84 bits per heavy atom. The molecule has 2 N–H and O–H groups in total. The first-order chi connectivity index (χ1) is 12.2. The van der Waals surface area contributed by atoms with Crippen molar-refractivity contribution in [3.63, 3.8) is 0 Å². The molecule has 1 fully saturated rings. The molecule has 2 aromatic carbocycles. The minimum Gasteiger partial charge on any atom is -0.391 e. The molecular formula is C21H28N2O2. The summed E-state index contributed by atoms with van der Waals surface area (Å²) < 4.78 is 0. The molecule has 0 radical (unpaired) electrons.